The predicted molar refractivity (Wildman–Crippen MR) is 133 cm³/mol. The summed E-state index contributed by atoms with van der Waals surface area (Å²) < 4.78 is 5.42. The lowest BCUT2D eigenvalue weighted by Gasteiger charge is -2.01. The molecule has 7 aromatic rings. The summed E-state index contributed by atoms with van der Waals surface area (Å²) in [7, 11) is 0. The number of fused-ring (bicyclic) bond motifs is 2. The molecule has 162 valence electrons. The first kappa shape index (κ1) is 19.0. The summed E-state index contributed by atoms with van der Waals surface area (Å²) in [6.07, 6.45) is 5.28. The van der Waals surface area contributed by atoms with Crippen LogP contribution in [-0.2, 0) is 0 Å². The number of furan rings is 1. The average molecular weight is 461 g/mol. The van der Waals surface area contributed by atoms with Crippen molar-refractivity contribution in [2.24, 2.45) is 0 Å². The zero-order chi connectivity index (χ0) is 22.5. The minimum Gasteiger partial charge on any atom is -0.463 e. The molecule has 8 heteroatoms. The van der Waals surface area contributed by atoms with Crippen LogP contribution in [0.4, 0.5) is 0 Å². The van der Waals surface area contributed by atoms with Crippen LogP contribution < -0.4 is 0 Å². The molecule has 5 heterocycles. The number of H-pyrrole nitrogens is 2. The van der Waals surface area contributed by atoms with Crippen molar-refractivity contribution < 1.29 is 4.42 Å². The monoisotopic (exact) mass is 460 g/mol. The summed E-state index contributed by atoms with van der Waals surface area (Å²) in [5.41, 5.74) is 9.53. The third-order valence-electron chi connectivity index (χ3n) is 5.77. The molecule has 0 aliphatic carbocycles. The van der Waals surface area contributed by atoms with Gasteiger partial charge in [0.1, 0.15) is 17.3 Å². The van der Waals surface area contributed by atoms with E-state index < -0.39 is 0 Å². The van der Waals surface area contributed by atoms with Gasteiger partial charge in [0.15, 0.2) is 5.76 Å². The fraction of sp³-hybridized carbons (Fsp3) is 0. The largest absolute Gasteiger partial charge is 0.463 e. The molecule has 0 amide bonds. The van der Waals surface area contributed by atoms with Gasteiger partial charge in [-0.3, -0.25) is 9.97 Å². The fourth-order valence-corrected chi connectivity index (χ4v) is 4.63. The average Bonchev–Trinajstić information content (AvgIpc) is 3.69. The molecule has 0 saturated carbocycles. The molecule has 0 spiro atoms. The fourth-order valence-electron chi connectivity index (χ4n) is 4.07. The van der Waals surface area contributed by atoms with Gasteiger partial charge in [-0.15, -0.1) is 11.3 Å². The third kappa shape index (κ3) is 3.20. The SMILES string of the molecule is c1coc(-c2ccc(-c3nc4ccc(-c5ccc6nc(-c7cncs7)[nH]c6c5)cc4[nH]3)cn2)c1. The van der Waals surface area contributed by atoms with Crippen molar-refractivity contribution in [3.05, 3.63) is 84.8 Å². The van der Waals surface area contributed by atoms with Crippen molar-refractivity contribution in [2.45, 2.75) is 0 Å². The summed E-state index contributed by atoms with van der Waals surface area (Å²) in [5.74, 6) is 2.37. The van der Waals surface area contributed by atoms with E-state index in [9.17, 15) is 0 Å². The van der Waals surface area contributed by atoms with E-state index in [2.05, 4.69) is 49.2 Å². The quantitative estimate of drug-likeness (QED) is 0.310. The number of nitrogens with one attached hydrogen (secondary N) is 2. The van der Waals surface area contributed by atoms with Crippen molar-refractivity contribution >= 4 is 33.4 Å². The topological polar surface area (TPSA) is 96.3 Å². The van der Waals surface area contributed by atoms with Gasteiger partial charge in [0.05, 0.1) is 38.7 Å². The Labute approximate surface area is 197 Å². The Morgan fingerprint density at radius 2 is 1.47 bits per heavy atom. The van der Waals surface area contributed by atoms with Crippen molar-refractivity contribution in [3.8, 4) is 44.7 Å². The number of aromatic amines is 2. The highest BCUT2D eigenvalue weighted by molar-refractivity contribution is 7.13. The molecule has 0 radical (unpaired) electrons. The molecule has 0 unspecified atom stereocenters. The minimum atomic E-state index is 0.745. The first-order valence-corrected chi connectivity index (χ1v) is 11.6. The van der Waals surface area contributed by atoms with Crippen LogP contribution in [0.3, 0.4) is 0 Å². The van der Waals surface area contributed by atoms with Crippen LogP contribution in [0.1, 0.15) is 0 Å². The first-order valence-electron chi connectivity index (χ1n) is 10.7. The van der Waals surface area contributed by atoms with E-state index in [1.165, 1.54) is 0 Å². The highest BCUT2D eigenvalue weighted by Crippen LogP contribution is 2.30. The lowest BCUT2D eigenvalue weighted by molar-refractivity contribution is 0.580. The second-order valence-electron chi connectivity index (χ2n) is 7.91. The number of hydrogen-bond donors (Lipinski definition) is 2. The Bertz CT molecular complexity index is 1750. The lowest BCUT2D eigenvalue weighted by Crippen LogP contribution is -1.85. The zero-order valence-corrected chi connectivity index (χ0v) is 18.5. The van der Waals surface area contributed by atoms with Gasteiger partial charge >= 0.3 is 0 Å². The molecule has 0 aliphatic rings. The van der Waals surface area contributed by atoms with Crippen molar-refractivity contribution in [3.63, 3.8) is 0 Å². The molecule has 2 N–H and O–H groups in total. The number of rotatable bonds is 4. The van der Waals surface area contributed by atoms with Crippen LogP contribution in [0, 0.1) is 0 Å². The van der Waals surface area contributed by atoms with Crippen LogP contribution in [0.25, 0.3) is 66.7 Å². The van der Waals surface area contributed by atoms with E-state index in [4.69, 9.17) is 9.40 Å². The molecular weight excluding hydrogens is 444 g/mol. The smallest absolute Gasteiger partial charge is 0.152 e. The maximum Gasteiger partial charge on any atom is 0.152 e. The maximum absolute atomic E-state index is 5.42. The Morgan fingerprint density at radius 1 is 0.735 bits per heavy atom. The second kappa shape index (κ2) is 7.50. The molecule has 7 nitrogen and oxygen atoms in total. The van der Waals surface area contributed by atoms with E-state index in [0.29, 0.717) is 0 Å². The second-order valence-corrected chi connectivity index (χ2v) is 8.80. The molecule has 5 aromatic heterocycles. The molecule has 2 aromatic carbocycles. The van der Waals surface area contributed by atoms with Crippen molar-refractivity contribution in [2.75, 3.05) is 0 Å². The van der Waals surface area contributed by atoms with Crippen LogP contribution >= 0.6 is 11.3 Å². The maximum atomic E-state index is 5.42. The zero-order valence-electron chi connectivity index (χ0n) is 17.7. The number of hydrogen-bond acceptors (Lipinski definition) is 6. The highest BCUT2D eigenvalue weighted by atomic mass is 32.1. The number of imidazole rings is 2. The van der Waals surface area contributed by atoms with Crippen LogP contribution in [0.2, 0.25) is 0 Å². The third-order valence-corrected chi connectivity index (χ3v) is 6.55. The van der Waals surface area contributed by atoms with Crippen molar-refractivity contribution in [1.29, 1.82) is 0 Å². The number of benzene rings is 2. The van der Waals surface area contributed by atoms with Gasteiger partial charge in [0.25, 0.3) is 0 Å². The molecule has 0 bridgehead atoms. The van der Waals surface area contributed by atoms with Gasteiger partial charge in [-0.1, -0.05) is 12.1 Å². The Morgan fingerprint density at radius 3 is 2.12 bits per heavy atom. The summed E-state index contributed by atoms with van der Waals surface area (Å²) in [6.45, 7) is 0. The summed E-state index contributed by atoms with van der Waals surface area (Å²) >= 11 is 1.57. The van der Waals surface area contributed by atoms with Crippen LogP contribution in [-0.4, -0.2) is 29.9 Å². The first-order chi connectivity index (χ1) is 16.8. The van der Waals surface area contributed by atoms with Gasteiger partial charge in [0, 0.05) is 18.0 Å². The normalized spacial score (nSPS) is 11.5. The summed E-state index contributed by atoms with van der Waals surface area (Å²) in [5, 5.41) is 0. The Hall–Kier alpha value is -4.56. The van der Waals surface area contributed by atoms with Crippen LogP contribution in [0.15, 0.2) is 89.2 Å². The number of aromatic nitrogens is 6. The van der Waals surface area contributed by atoms with Gasteiger partial charge in [-0.25, -0.2) is 9.97 Å². The van der Waals surface area contributed by atoms with Crippen LogP contribution in [0.5, 0.6) is 0 Å². The highest BCUT2D eigenvalue weighted by Gasteiger charge is 2.11. The number of nitrogens with zero attached hydrogens (tertiary/aromatic N) is 4. The van der Waals surface area contributed by atoms with E-state index in [1.807, 2.05) is 54.3 Å². The molecule has 34 heavy (non-hydrogen) atoms. The number of pyridine rings is 1. The Balaban J connectivity index is 1.22. The molecule has 7 rings (SSSR count). The minimum absolute atomic E-state index is 0.745. The van der Waals surface area contributed by atoms with Gasteiger partial charge in [-0.05, 0) is 59.7 Å². The van der Waals surface area contributed by atoms with Gasteiger partial charge < -0.3 is 14.4 Å². The lowest BCUT2D eigenvalue weighted by atomic mass is 10.0. The van der Waals surface area contributed by atoms with Gasteiger partial charge in [0.2, 0.25) is 0 Å². The molecular formula is C26H16N6OS. The van der Waals surface area contributed by atoms with E-state index in [1.54, 1.807) is 17.6 Å². The molecule has 0 atom stereocenters. The standard InChI is InChI=1S/C26H16N6OS/c1-2-23(33-9-1)20-8-5-17(12-28-20)25-29-18-6-3-15(10-21(18)31-25)16-4-7-19-22(11-16)32-26(30-19)24-13-27-14-34-24/h1-14H,(H,29,31)(H,30,32). The van der Waals surface area contributed by atoms with E-state index in [-0.39, 0.29) is 0 Å². The van der Waals surface area contributed by atoms with E-state index >= 15 is 0 Å². The van der Waals surface area contributed by atoms with Gasteiger partial charge in [-0.2, -0.15) is 0 Å². The molecule has 0 saturated heterocycles. The summed E-state index contributed by atoms with van der Waals surface area (Å²) in [4.78, 5) is 26.0. The van der Waals surface area contributed by atoms with Crippen molar-refractivity contribution in [1.82, 2.24) is 29.9 Å². The summed E-state index contributed by atoms with van der Waals surface area (Å²) in [6, 6.07) is 20.2. The molecule has 0 aliphatic heterocycles. The Kier molecular flexibility index (Phi) is 4.18. The number of thiazole rings is 1. The van der Waals surface area contributed by atoms with E-state index in [0.717, 1.165) is 66.7 Å². The predicted octanol–water partition coefficient (Wildman–Crippen LogP) is 6.55. The molecule has 0 fully saturated rings.